The molecule has 0 spiro atoms. The monoisotopic (exact) mass is 649 g/mol. The van der Waals surface area contributed by atoms with Crippen LogP contribution < -0.4 is 4.90 Å². The van der Waals surface area contributed by atoms with Crippen molar-refractivity contribution < 1.29 is 0 Å². The highest BCUT2D eigenvalue weighted by molar-refractivity contribution is 6.25. The summed E-state index contributed by atoms with van der Waals surface area (Å²) in [5.74, 6) is 0. The van der Waals surface area contributed by atoms with E-state index >= 15 is 0 Å². The van der Waals surface area contributed by atoms with Crippen molar-refractivity contribution in [3.8, 4) is 44.5 Å². The molecule has 51 heavy (non-hydrogen) atoms. The molecule has 0 saturated heterocycles. The van der Waals surface area contributed by atoms with Crippen LogP contribution in [0.3, 0.4) is 0 Å². The molecule has 0 radical (unpaired) electrons. The highest BCUT2D eigenvalue weighted by Crippen LogP contribution is 2.51. The molecule has 0 N–H and O–H groups in total. The van der Waals surface area contributed by atoms with E-state index in [2.05, 4.69) is 217 Å². The zero-order valence-corrected chi connectivity index (χ0v) is 28.2. The zero-order valence-electron chi connectivity index (χ0n) is 28.2. The van der Waals surface area contributed by atoms with Crippen LogP contribution in [0.25, 0.3) is 66.1 Å². The second-order valence-electron chi connectivity index (χ2n) is 12.9. The van der Waals surface area contributed by atoms with Gasteiger partial charge in [-0.05, 0) is 73.8 Å². The lowest BCUT2D eigenvalue weighted by Gasteiger charge is -2.31. The third-order valence-corrected chi connectivity index (χ3v) is 9.86. The molecule has 0 heterocycles. The predicted octanol–water partition coefficient (Wildman–Crippen LogP) is 14.1. The molecule has 9 aromatic carbocycles. The fourth-order valence-corrected chi connectivity index (χ4v) is 7.58. The third kappa shape index (κ3) is 5.56. The Morgan fingerprint density at radius 1 is 0.255 bits per heavy atom. The minimum atomic E-state index is 1.10. The van der Waals surface area contributed by atoms with Gasteiger partial charge in [-0.1, -0.05) is 188 Å². The van der Waals surface area contributed by atoms with Crippen LogP contribution in [-0.2, 0) is 0 Å². The van der Waals surface area contributed by atoms with E-state index in [9.17, 15) is 0 Å². The molecule has 9 rings (SSSR count). The molecule has 1 nitrogen and oxygen atoms in total. The van der Waals surface area contributed by atoms with Gasteiger partial charge in [-0.15, -0.1) is 0 Å². The Morgan fingerprint density at radius 3 is 1.35 bits per heavy atom. The first-order valence-electron chi connectivity index (χ1n) is 17.5. The van der Waals surface area contributed by atoms with E-state index in [0.717, 1.165) is 17.1 Å². The zero-order chi connectivity index (χ0) is 34.0. The fraction of sp³-hybridized carbons (Fsp3) is 0. The molecule has 0 atom stereocenters. The Morgan fingerprint density at radius 2 is 0.706 bits per heavy atom. The summed E-state index contributed by atoms with van der Waals surface area (Å²) in [6.45, 7) is 0. The van der Waals surface area contributed by atoms with Gasteiger partial charge < -0.3 is 4.90 Å². The van der Waals surface area contributed by atoms with E-state index in [1.54, 1.807) is 0 Å². The maximum Gasteiger partial charge on any atom is 0.0546 e. The van der Waals surface area contributed by atoms with Crippen molar-refractivity contribution in [2.75, 3.05) is 4.90 Å². The molecule has 0 fully saturated rings. The lowest BCUT2D eigenvalue weighted by atomic mass is 9.84. The van der Waals surface area contributed by atoms with Gasteiger partial charge in [0.2, 0.25) is 0 Å². The third-order valence-electron chi connectivity index (χ3n) is 9.86. The van der Waals surface area contributed by atoms with Crippen molar-refractivity contribution in [3.63, 3.8) is 0 Å². The number of para-hydroxylation sites is 1. The maximum atomic E-state index is 2.47. The molecule has 0 saturated carbocycles. The summed E-state index contributed by atoms with van der Waals surface area (Å²) in [6, 6.07) is 76.6. The minimum Gasteiger partial charge on any atom is -0.309 e. The number of benzene rings is 9. The van der Waals surface area contributed by atoms with Gasteiger partial charge >= 0.3 is 0 Å². The molecule has 240 valence electrons. The largest absolute Gasteiger partial charge is 0.309 e. The minimum absolute atomic E-state index is 1.10. The Kier molecular flexibility index (Phi) is 7.92. The first-order chi connectivity index (χ1) is 25.3. The van der Waals surface area contributed by atoms with Gasteiger partial charge in [-0.2, -0.15) is 0 Å². The lowest BCUT2D eigenvalue weighted by Crippen LogP contribution is -2.12. The highest BCUT2D eigenvalue weighted by atomic mass is 15.1. The lowest BCUT2D eigenvalue weighted by molar-refractivity contribution is 1.30. The fourth-order valence-electron chi connectivity index (χ4n) is 7.58. The van der Waals surface area contributed by atoms with E-state index in [1.807, 2.05) is 0 Å². The first kappa shape index (κ1) is 30.4. The summed E-state index contributed by atoms with van der Waals surface area (Å²) in [7, 11) is 0. The maximum absolute atomic E-state index is 2.47. The second kappa shape index (κ2) is 13.3. The molecule has 0 unspecified atom stereocenters. The van der Waals surface area contributed by atoms with Crippen molar-refractivity contribution >= 4 is 38.6 Å². The molecule has 0 amide bonds. The van der Waals surface area contributed by atoms with Crippen molar-refractivity contribution in [1.29, 1.82) is 0 Å². The Labute approximate surface area is 299 Å². The molecule has 1 heteroatoms. The summed E-state index contributed by atoms with van der Waals surface area (Å²) in [4.78, 5) is 2.47. The number of anilines is 3. The van der Waals surface area contributed by atoms with Crippen LogP contribution in [0.5, 0.6) is 0 Å². The van der Waals surface area contributed by atoms with E-state index in [1.165, 1.54) is 66.1 Å². The molecule has 0 bridgehead atoms. The number of hydrogen-bond acceptors (Lipinski definition) is 1. The van der Waals surface area contributed by atoms with Gasteiger partial charge in [0.1, 0.15) is 0 Å². The van der Waals surface area contributed by atoms with Gasteiger partial charge in [0.15, 0.2) is 0 Å². The van der Waals surface area contributed by atoms with Crippen LogP contribution in [0.15, 0.2) is 212 Å². The number of fused-ring (bicyclic) bond motifs is 3. The van der Waals surface area contributed by atoms with Crippen molar-refractivity contribution in [2.45, 2.75) is 0 Å². The molecule has 0 aliphatic carbocycles. The van der Waals surface area contributed by atoms with Gasteiger partial charge in [0.25, 0.3) is 0 Å². The quantitative estimate of drug-likeness (QED) is 0.155. The van der Waals surface area contributed by atoms with E-state index in [-0.39, 0.29) is 0 Å². The van der Waals surface area contributed by atoms with Gasteiger partial charge in [-0.3, -0.25) is 0 Å². The SMILES string of the molecule is c1ccc(-c2ccc(N(c3ccccc3-c3ccccc3)c3cccc4c3c(-c3ccccc3)c(-c3ccccc3)c3ccccc34)cc2)cc1. The van der Waals surface area contributed by atoms with Crippen molar-refractivity contribution in [2.24, 2.45) is 0 Å². The normalized spacial score (nSPS) is 11.1. The van der Waals surface area contributed by atoms with Crippen LogP contribution in [0, 0.1) is 0 Å². The van der Waals surface area contributed by atoms with E-state index in [0.29, 0.717) is 0 Å². The Balaban J connectivity index is 1.41. The summed E-state index contributed by atoms with van der Waals surface area (Å²) < 4.78 is 0. The van der Waals surface area contributed by atoms with Crippen LogP contribution in [0.2, 0.25) is 0 Å². The molecular formula is C50H35N. The molecular weight excluding hydrogens is 615 g/mol. The van der Waals surface area contributed by atoms with Crippen LogP contribution in [-0.4, -0.2) is 0 Å². The predicted molar refractivity (Wildman–Crippen MR) is 218 cm³/mol. The average molecular weight is 650 g/mol. The van der Waals surface area contributed by atoms with Crippen LogP contribution in [0.4, 0.5) is 17.1 Å². The topological polar surface area (TPSA) is 3.24 Å². The molecule has 0 aromatic heterocycles. The Bertz CT molecular complexity index is 2590. The number of nitrogens with zero attached hydrogens (tertiary/aromatic N) is 1. The van der Waals surface area contributed by atoms with Gasteiger partial charge in [0, 0.05) is 22.2 Å². The molecule has 0 aliphatic heterocycles. The van der Waals surface area contributed by atoms with Gasteiger partial charge in [0.05, 0.1) is 11.4 Å². The van der Waals surface area contributed by atoms with Crippen molar-refractivity contribution in [1.82, 2.24) is 0 Å². The smallest absolute Gasteiger partial charge is 0.0546 e. The Hall–Kier alpha value is -6.70. The highest BCUT2D eigenvalue weighted by Gasteiger charge is 2.24. The number of rotatable bonds is 7. The van der Waals surface area contributed by atoms with Crippen molar-refractivity contribution in [3.05, 3.63) is 212 Å². The van der Waals surface area contributed by atoms with Crippen LogP contribution >= 0.6 is 0 Å². The van der Waals surface area contributed by atoms with Crippen LogP contribution in [0.1, 0.15) is 0 Å². The summed E-state index contributed by atoms with van der Waals surface area (Å²) in [5.41, 5.74) is 13.0. The second-order valence-corrected chi connectivity index (χ2v) is 12.9. The number of hydrogen-bond donors (Lipinski definition) is 0. The van der Waals surface area contributed by atoms with E-state index in [4.69, 9.17) is 0 Å². The standard InChI is InChI=1S/C50H35N/c1-5-18-36(19-6-1)37-32-34-41(35-33-37)51(46-30-16-15-26-42(46)38-20-7-2-8-21-38)47-31-17-29-45-43-27-13-14-28-44(43)48(39-22-9-3-10-23-39)49(50(45)47)40-24-11-4-12-25-40/h1-35H. The van der Waals surface area contributed by atoms with E-state index < -0.39 is 0 Å². The summed E-state index contributed by atoms with van der Waals surface area (Å²) in [5, 5.41) is 4.93. The first-order valence-corrected chi connectivity index (χ1v) is 17.5. The van der Waals surface area contributed by atoms with Gasteiger partial charge in [-0.25, -0.2) is 0 Å². The average Bonchev–Trinajstić information content (AvgIpc) is 3.22. The summed E-state index contributed by atoms with van der Waals surface area (Å²) >= 11 is 0. The molecule has 0 aliphatic rings. The molecule has 9 aromatic rings. The summed E-state index contributed by atoms with van der Waals surface area (Å²) in [6.07, 6.45) is 0.